The van der Waals surface area contributed by atoms with Crippen molar-refractivity contribution >= 4 is 11.6 Å². The van der Waals surface area contributed by atoms with Crippen molar-refractivity contribution in [3.05, 3.63) is 53.1 Å². The Morgan fingerprint density at radius 1 is 0.962 bits per heavy atom. The molecule has 0 fully saturated rings. The minimum Gasteiger partial charge on any atom is -0.493 e. The average molecular weight is 356 g/mol. The van der Waals surface area contributed by atoms with Crippen molar-refractivity contribution in [2.24, 2.45) is 5.10 Å². The minimum absolute atomic E-state index is 0.359. The first-order chi connectivity index (χ1) is 12.5. The number of nitrogens with one attached hydrogen (secondary N) is 1. The molecule has 0 saturated heterocycles. The summed E-state index contributed by atoms with van der Waals surface area (Å²) < 4.78 is 15.8. The van der Waals surface area contributed by atoms with Crippen molar-refractivity contribution in [3.63, 3.8) is 0 Å². The van der Waals surface area contributed by atoms with Crippen molar-refractivity contribution in [1.29, 1.82) is 0 Å². The molecule has 0 aliphatic heterocycles. The molecule has 2 aromatic rings. The van der Waals surface area contributed by atoms with Gasteiger partial charge in [0.05, 0.1) is 27.0 Å². The molecule has 26 heavy (non-hydrogen) atoms. The molecule has 2 aromatic carbocycles. The quantitative estimate of drug-likeness (QED) is 0.610. The second-order valence-corrected chi connectivity index (χ2v) is 5.60. The van der Waals surface area contributed by atoms with Gasteiger partial charge in [0.15, 0.2) is 11.5 Å². The predicted molar refractivity (Wildman–Crippen MR) is 102 cm³/mol. The molecule has 6 heteroatoms. The van der Waals surface area contributed by atoms with Crippen LogP contribution in [0.25, 0.3) is 0 Å². The molecular formula is C20H24N2O4. The lowest BCUT2D eigenvalue weighted by Crippen LogP contribution is -2.19. The zero-order chi connectivity index (χ0) is 19.1. The largest absolute Gasteiger partial charge is 0.493 e. The van der Waals surface area contributed by atoms with Crippen molar-refractivity contribution < 1.29 is 19.0 Å². The van der Waals surface area contributed by atoms with Gasteiger partial charge in [0.2, 0.25) is 5.75 Å². The van der Waals surface area contributed by atoms with Crippen LogP contribution in [-0.4, -0.2) is 32.9 Å². The van der Waals surface area contributed by atoms with Crippen LogP contribution in [0, 0.1) is 0 Å². The maximum atomic E-state index is 12.4. The summed E-state index contributed by atoms with van der Waals surface area (Å²) in [6.45, 7) is 3.95. The number of nitrogens with zero attached hydrogens (tertiary/aromatic N) is 1. The summed E-state index contributed by atoms with van der Waals surface area (Å²) >= 11 is 0. The molecule has 0 atom stereocenters. The SMILES string of the molecule is CCc1ccc(C(C)=NNC(=O)c2cc(OC)c(OC)c(OC)c2)cc1. The molecule has 0 heterocycles. The van der Waals surface area contributed by atoms with Crippen LogP contribution in [0.1, 0.15) is 35.3 Å². The fourth-order valence-electron chi connectivity index (χ4n) is 2.46. The highest BCUT2D eigenvalue weighted by molar-refractivity contribution is 6.01. The fourth-order valence-corrected chi connectivity index (χ4v) is 2.46. The molecule has 6 nitrogen and oxygen atoms in total. The monoisotopic (exact) mass is 356 g/mol. The fraction of sp³-hybridized carbons (Fsp3) is 0.300. The van der Waals surface area contributed by atoms with Gasteiger partial charge in [-0.1, -0.05) is 31.2 Å². The van der Waals surface area contributed by atoms with Crippen LogP contribution in [0.4, 0.5) is 0 Å². The van der Waals surface area contributed by atoms with E-state index in [0.29, 0.717) is 28.5 Å². The summed E-state index contributed by atoms with van der Waals surface area (Å²) in [6.07, 6.45) is 0.980. The van der Waals surface area contributed by atoms with Gasteiger partial charge >= 0.3 is 0 Å². The Morgan fingerprint density at radius 3 is 2.00 bits per heavy atom. The lowest BCUT2D eigenvalue weighted by atomic mass is 10.1. The van der Waals surface area contributed by atoms with Gasteiger partial charge in [-0.2, -0.15) is 5.10 Å². The van der Waals surface area contributed by atoms with Gasteiger partial charge in [-0.05, 0) is 36.6 Å². The van der Waals surface area contributed by atoms with E-state index in [1.54, 1.807) is 12.1 Å². The minimum atomic E-state index is -0.367. The summed E-state index contributed by atoms with van der Waals surface area (Å²) in [5.41, 5.74) is 5.84. The number of carbonyl (C=O) groups excluding carboxylic acids is 1. The molecule has 1 N–H and O–H groups in total. The van der Waals surface area contributed by atoms with Crippen molar-refractivity contribution in [3.8, 4) is 17.2 Å². The normalized spacial score (nSPS) is 11.0. The highest BCUT2D eigenvalue weighted by Gasteiger charge is 2.16. The third kappa shape index (κ3) is 4.33. The molecule has 0 bridgehead atoms. The third-order valence-corrected chi connectivity index (χ3v) is 4.03. The van der Waals surface area contributed by atoms with Gasteiger partial charge in [0.1, 0.15) is 0 Å². The Morgan fingerprint density at radius 2 is 1.54 bits per heavy atom. The van der Waals surface area contributed by atoms with Crippen LogP contribution in [0.15, 0.2) is 41.5 Å². The zero-order valence-electron chi connectivity index (χ0n) is 15.8. The van der Waals surface area contributed by atoms with Gasteiger partial charge in [0.25, 0.3) is 5.91 Å². The molecule has 0 radical (unpaired) electrons. The summed E-state index contributed by atoms with van der Waals surface area (Å²) in [5.74, 6) is 0.886. The number of benzene rings is 2. The van der Waals surface area contributed by atoms with E-state index >= 15 is 0 Å². The predicted octanol–water partition coefficient (Wildman–Crippen LogP) is 3.43. The number of rotatable bonds is 7. The smallest absolute Gasteiger partial charge is 0.271 e. The lowest BCUT2D eigenvalue weighted by Gasteiger charge is -2.13. The van der Waals surface area contributed by atoms with E-state index < -0.39 is 0 Å². The highest BCUT2D eigenvalue weighted by Crippen LogP contribution is 2.38. The van der Waals surface area contributed by atoms with E-state index in [9.17, 15) is 4.79 Å². The van der Waals surface area contributed by atoms with Gasteiger partial charge in [0, 0.05) is 5.56 Å². The maximum Gasteiger partial charge on any atom is 0.271 e. The molecule has 138 valence electrons. The zero-order valence-corrected chi connectivity index (χ0v) is 15.8. The van der Waals surface area contributed by atoms with Crippen LogP contribution < -0.4 is 19.6 Å². The molecular weight excluding hydrogens is 332 g/mol. The Kier molecular flexibility index (Phi) is 6.60. The van der Waals surface area contributed by atoms with E-state index in [0.717, 1.165) is 12.0 Å². The Hall–Kier alpha value is -3.02. The Bertz CT molecular complexity index is 773. The first-order valence-electron chi connectivity index (χ1n) is 8.28. The maximum absolute atomic E-state index is 12.4. The lowest BCUT2D eigenvalue weighted by molar-refractivity contribution is 0.0954. The van der Waals surface area contributed by atoms with E-state index in [-0.39, 0.29) is 5.91 Å². The molecule has 0 aliphatic rings. The number of hydrazone groups is 1. The van der Waals surface area contributed by atoms with Crippen molar-refractivity contribution in [2.45, 2.75) is 20.3 Å². The van der Waals surface area contributed by atoms with E-state index in [4.69, 9.17) is 14.2 Å². The molecule has 0 spiro atoms. The molecule has 2 rings (SSSR count). The van der Waals surface area contributed by atoms with E-state index in [1.807, 2.05) is 19.1 Å². The number of ether oxygens (including phenoxy) is 3. The van der Waals surface area contributed by atoms with Gasteiger partial charge in [-0.15, -0.1) is 0 Å². The number of amides is 1. The molecule has 1 amide bonds. The van der Waals surface area contributed by atoms with Gasteiger partial charge in [-0.25, -0.2) is 5.43 Å². The summed E-state index contributed by atoms with van der Waals surface area (Å²) in [6, 6.07) is 11.2. The molecule has 0 saturated carbocycles. The summed E-state index contributed by atoms with van der Waals surface area (Å²) in [5, 5.41) is 4.18. The standard InChI is InChI=1S/C20H24N2O4/c1-6-14-7-9-15(10-8-14)13(2)21-22-20(23)16-11-17(24-3)19(26-5)18(12-16)25-4/h7-12H,6H2,1-5H3,(H,22,23). The average Bonchev–Trinajstić information content (AvgIpc) is 2.70. The van der Waals surface area contributed by atoms with Crippen molar-refractivity contribution in [2.75, 3.05) is 21.3 Å². The number of aryl methyl sites for hydroxylation is 1. The van der Waals surface area contributed by atoms with Gasteiger partial charge < -0.3 is 14.2 Å². The second kappa shape index (κ2) is 8.89. The number of methoxy groups -OCH3 is 3. The van der Waals surface area contributed by atoms with Crippen molar-refractivity contribution in [1.82, 2.24) is 5.43 Å². The third-order valence-electron chi connectivity index (χ3n) is 4.03. The highest BCUT2D eigenvalue weighted by atomic mass is 16.5. The Labute approximate surface area is 153 Å². The summed E-state index contributed by atoms with van der Waals surface area (Å²) in [7, 11) is 4.51. The summed E-state index contributed by atoms with van der Waals surface area (Å²) in [4.78, 5) is 12.4. The number of hydrogen-bond acceptors (Lipinski definition) is 5. The second-order valence-electron chi connectivity index (χ2n) is 5.60. The van der Waals surface area contributed by atoms with Crippen LogP contribution >= 0.6 is 0 Å². The topological polar surface area (TPSA) is 69.2 Å². The van der Waals surface area contributed by atoms with E-state index in [2.05, 4.69) is 29.6 Å². The first-order valence-corrected chi connectivity index (χ1v) is 8.28. The number of hydrogen-bond donors (Lipinski definition) is 1. The van der Waals surface area contributed by atoms with Crippen LogP contribution in [0.3, 0.4) is 0 Å². The van der Waals surface area contributed by atoms with Crippen LogP contribution in [0.5, 0.6) is 17.2 Å². The first kappa shape index (κ1) is 19.3. The van der Waals surface area contributed by atoms with Crippen LogP contribution in [0.2, 0.25) is 0 Å². The van der Waals surface area contributed by atoms with E-state index in [1.165, 1.54) is 26.9 Å². The molecule has 0 aromatic heterocycles. The number of carbonyl (C=O) groups is 1. The van der Waals surface area contributed by atoms with Crippen LogP contribution in [-0.2, 0) is 6.42 Å². The molecule has 0 aliphatic carbocycles. The van der Waals surface area contributed by atoms with Gasteiger partial charge in [-0.3, -0.25) is 4.79 Å². The Balaban J connectivity index is 2.20. The molecule has 0 unspecified atom stereocenters.